The van der Waals surface area contributed by atoms with E-state index in [-0.39, 0.29) is 11.6 Å². The number of aliphatic hydroxyl groups excluding tert-OH is 1. The number of benzene rings is 1. The van der Waals surface area contributed by atoms with E-state index >= 15 is 0 Å². The van der Waals surface area contributed by atoms with Crippen LogP contribution in [0.15, 0.2) is 24.3 Å². The SMILES string of the molecule is CC(O)CC(C)NC(=O)c1ccccc1F. The maximum absolute atomic E-state index is 13.2. The van der Waals surface area contributed by atoms with E-state index < -0.39 is 17.8 Å². The lowest BCUT2D eigenvalue weighted by Crippen LogP contribution is -2.35. The molecule has 0 saturated carbocycles. The number of halogens is 1. The van der Waals surface area contributed by atoms with Gasteiger partial charge in [-0.2, -0.15) is 0 Å². The summed E-state index contributed by atoms with van der Waals surface area (Å²) in [7, 11) is 0. The van der Waals surface area contributed by atoms with E-state index in [9.17, 15) is 9.18 Å². The second kappa shape index (κ2) is 5.61. The fourth-order valence-electron chi connectivity index (χ4n) is 1.52. The van der Waals surface area contributed by atoms with E-state index in [0.29, 0.717) is 6.42 Å². The molecule has 0 heterocycles. The monoisotopic (exact) mass is 225 g/mol. The molecule has 0 fully saturated rings. The highest BCUT2D eigenvalue weighted by Gasteiger charge is 2.14. The molecule has 3 nitrogen and oxygen atoms in total. The Bertz CT molecular complexity index is 366. The van der Waals surface area contributed by atoms with Crippen LogP contribution in [0.2, 0.25) is 0 Å². The van der Waals surface area contributed by atoms with E-state index in [2.05, 4.69) is 5.32 Å². The Labute approximate surface area is 94.3 Å². The zero-order valence-corrected chi connectivity index (χ0v) is 9.40. The van der Waals surface area contributed by atoms with Gasteiger partial charge < -0.3 is 10.4 Å². The molecule has 88 valence electrons. The van der Waals surface area contributed by atoms with Crippen molar-refractivity contribution < 1.29 is 14.3 Å². The van der Waals surface area contributed by atoms with Gasteiger partial charge in [-0.15, -0.1) is 0 Å². The third-order valence-corrected chi connectivity index (χ3v) is 2.19. The number of hydrogen-bond acceptors (Lipinski definition) is 2. The van der Waals surface area contributed by atoms with Crippen molar-refractivity contribution >= 4 is 5.91 Å². The van der Waals surface area contributed by atoms with Crippen LogP contribution in [-0.4, -0.2) is 23.2 Å². The molecular formula is C12H16FNO2. The van der Waals surface area contributed by atoms with Gasteiger partial charge in [0.25, 0.3) is 5.91 Å². The molecule has 2 N–H and O–H groups in total. The number of carbonyl (C=O) groups is 1. The van der Waals surface area contributed by atoms with Crippen molar-refractivity contribution in [3.05, 3.63) is 35.6 Å². The predicted octanol–water partition coefficient (Wildman–Crippen LogP) is 1.71. The summed E-state index contributed by atoms with van der Waals surface area (Å²) in [6, 6.07) is 5.63. The van der Waals surface area contributed by atoms with Gasteiger partial charge in [-0.1, -0.05) is 12.1 Å². The number of amides is 1. The van der Waals surface area contributed by atoms with Crippen molar-refractivity contribution in [3.63, 3.8) is 0 Å². The molecule has 16 heavy (non-hydrogen) atoms. The molecular weight excluding hydrogens is 209 g/mol. The second-order valence-electron chi connectivity index (χ2n) is 3.94. The van der Waals surface area contributed by atoms with E-state index in [0.717, 1.165) is 0 Å². The summed E-state index contributed by atoms with van der Waals surface area (Å²) in [5.41, 5.74) is 0.0277. The van der Waals surface area contributed by atoms with Crippen LogP contribution in [0.3, 0.4) is 0 Å². The Morgan fingerprint density at radius 1 is 1.44 bits per heavy atom. The summed E-state index contributed by atoms with van der Waals surface area (Å²) in [6.45, 7) is 3.41. The third kappa shape index (κ3) is 3.62. The molecule has 0 aliphatic rings. The molecule has 0 aliphatic carbocycles. The summed E-state index contributed by atoms with van der Waals surface area (Å²) in [4.78, 5) is 11.6. The molecule has 4 heteroatoms. The van der Waals surface area contributed by atoms with E-state index in [1.54, 1.807) is 19.9 Å². The number of aliphatic hydroxyl groups is 1. The maximum Gasteiger partial charge on any atom is 0.254 e. The van der Waals surface area contributed by atoms with Crippen molar-refractivity contribution in [2.75, 3.05) is 0 Å². The molecule has 0 aliphatic heterocycles. The van der Waals surface area contributed by atoms with Crippen LogP contribution >= 0.6 is 0 Å². The smallest absolute Gasteiger partial charge is 0.254 e. The first-order valence-electron chi connectivity index (χ1n) is 5.24. The Kier molecular flexibility index (Phi) is 4.43. The van der Waals surface area contributed by atoms with Crippen molar-refractivity contribution in [1.29, 1.82) is 0 Å². The van der Waals surface area contributed by atoms with Gasteiger partial charge in [0.1, 0.15) is 5.82 Å². The van der Waals surface area contributed by atoms with Gasteiger partial charge in [0.05, 0.1) is 11.7 Å². The van der Waals surface area contributed by atoms with Crippen LogP contribution in [0.25, 0.3) is 0 Å². The average molecular weight is 225 g/mol. The van der Waals surface area contributed by atoms with Gasteiger partial charge in [0.2, 0.25) is 0 Å². The third-order valence-electron chi connectivity index (χ3n) is 2.19. The van der Waals surface area contributed by atoms with Crippen LogP contribution in [0, 0.1) is 5.82 Å². The normalized spacial score (nSPS) is 14.2. The van der Waals surface area contributed by atoms with Gasteiger partial charge in [0, 0.05) is 6.04 Å². The minimum atomic E-state index is -0.538. The maximum atomic E-state index is 13.2. The van der Waals surface area contributed by atoms with Crippen LogP contribution in [0.1, 0.15) is 30.6 Å². The number of nitrogens with one attached hydrogen (secondary N) is 1. The van der Waals surface area contributed by atoms with E-state index in [1.807, 2.05) is 0 Å². The zero-order valence-electron chi connectivity index (χ0n) is 9.40. The fraction of sp³-hybridized carbons (Fsp3) is 0.417. The van der Waals surface area contributed by atoms with Crippen molar-refractivity contribution in [3.8, 4) is 0 Å². The molecule has 1 amide bonds. The number of hydrogen-bond donors (Lipinski definition) is 2. The van der Waals surface area contributed by atoms with E-state index in [4.69, 9.17) is 5.11 Å². The predicted molar refractivity (Wildman–Crippen MR) is 59.6 cm³/mol. The summed E-state index contributed by atoms with van der Waals surface area (Å²) in [6.07, 6.45) is -0.0453. The Morgan fingerprint density at radius 3 is 2.62 bits per heavy atom. The fourth-order valence-corrected chi connectivity index (χ4v) is 1.52. The molecule has 0 radical (unpaired) electrons. The Hall–Kier alpha value is -1.42. The van der Waals surface area contributed by atoms with Gasteiger partial charge >= 0.3 is 0 Å². The van der Waals surface area contributed by atoms with Gasteiger partial charge in [-0.25, -0.2) is 4.39 Å². The van der Waals surface area contributed by atoms with E-state index in [1.165, 1.54) is 18.2 Å². The summed E-state index contributed by atoms with van der Waals surface area (Å²) >= 11 is 0. The molecule has 0 spiro atoms. The average Bonchev–Trinajstić information content (AvgIpc) is 2.16. The molecule has 1 rings (SSSR count). The first-order valence-corrected chi connectivity index (χ1v) is 5.24. The van der Waals surface area contributed by atoms with Crippen LogP contribution in [0.5, 0.6) is 0 Å². The van der Waals surface area contributed by atoms with Gasteiger partial charge in [-0.3, -0.25) is 4.79 Å². The quantitative estimate of drug-likeness (QED) is 0.819. The topological polar surface area (TPSA) is 49.3 Å². The highest BCUT2D eigenvalue weighted by molar-refractivity contribution is 5.94. The van der Waals surface area contributed by atoms with Gasteiger partial charge in [-0.05, 0) is 32.4 Å². The lowest BCUT2D eigenvalue weighted by Gasteiger charge is -2.15. The second-order valence-corrected chi connectivity index (χ2v) is 3.94. The molecule has 1 aromatic carbocycles. The highest BCUT2D eigenvalue weighted by Crippen LogP contribution is 2.07. The molecule has 0 saturated heterocycles. The van der Waals surface area contributed by atoms with Crippen LogP contribution in [-0.2, 0) is 0 Å². The largest absolute Gasteiger partial charge is 0.393 e. The minimum Gasteiger partial charge on any atom is -0.393 e. The molecule has 2 unspecified atom stereocenters. The molecule has 0 aromatic heterocycles. The van der Waals surface area contributed by atoms with Crippen LogP contribution < -0.4 is 5.32 Å². The van der Waals surface area contributed by atoms with Crippen molar-refractivity contribution in [1.82, 2.24) is 5.32 Å². The Balaban J connectivity index is 2.63. The van der Waals surface area contributed by atoms with Crippen molar-refractivity contribution in [2.45, 2.75) is 32.4 Å². The summed E-state index contributed by atoms with van der Waals surface area (Å²) in [5.74, 6) is -0.990. The lowest BCUT2D eigenvalue weighted by molar-refractivity contribution is 0.0919. The minimum absolute atomic E-state index is 0.0277. The number of rotatable bonds is 4. The first kappa shape index (κ1) is 12.6. The first-order chi connectivity index (χ1) is 7.50. The molecule has 0 bridgehead atoms. The molecule has 2 atom stereocenters. The Morgan fingerprint density at radius 2 is 2.06 bits per heavy atom. The van der Waals surface area contributed by atoms with Crippen molar-refractivity contribution in [2.24, 2.45) is 0 Å². The molecule has 1 aromatic rings. The number of carbonyl (C=O) groups excluding carboxylic acids is 1. The van der Waals surface area contributed by atoms with Crippen LogP contribution in [0.4, 0.5) is 4.39 Å². The summed E-state index contributed by atoms with van der Waals surface area (Å²) < 4.78 is 13.2. The van der Waals surface area contributed by atoms with Gasteiger partial charge in [0.15, 0.2) is 0 Å². The zero-order chi connectivity index (χ0) is 12.1. The summed E-state index contributed by atoms with van der Waals surface area (Å²) in [5, 5.41) is 11.8. The lowest BCUT2D eigenvalue weighted by atomic mass is 10.1. The highest BCUT2D eigenvalue weighted by atomic mass is 19.1. The standard InChI is InChI=1S/C12H16FNO2/c1-8(7-9(2)15)14-12(16)10-5-3-4-6-11(10)13/h3-6,8-9,15H,7H2,1-2H3,(H,14,16).